The first kappa shape index (κ1) is 17.3. The summed E-state index contributed by atoms with van der Waals surface area (Å²) in [6, 6.07) is 11.1. The van der Waals surface area contributed by atoms with Crippen LogP contribution in [0.25, 0.3) is 23.3 Å². The van der Waals surface area contributed by atoms with E-state index in [2.05, 4.69) is 79.8 Å². The molecule has 27 heavy (non-hydrogen) atoms. The first-order valence-electron chi connectivity index (χ1n) is 8.60. The molecule has 0 nitrogen and oxygen atoms in total. The molecule has 4 aliphatic rings. The van der Waals surface area contributed by atoms with Crippen LogP contribution in [0.1, 0.15) is 0 Å². The van der Waals surface area contributed by atoms with E-state index in [9.17, 15) is 0 Å². The van der Waals surface area contributed by atoms with Crippen LogP contribution in [0.3, 0.4) is 0 Å². The summed E-state index contributed by atoms with van der Waals surface area (Å²) in [6.45, 7) is 0. The van der Waals surface area contributed by atoms with E-state index in [4.69, 9.17) is 0 Å². The molecule has 0 spiro atoms. The highest BCUT2D eigenvalue weighted by atomic mass is 79.9. The van der Waals surface area contributed by atoms with E-state index in [1.807, 2.05) is 35.3 Å². The standard InChI is InChI=1S/C22H12Br2S3/c23-13-1-2-14-11(5-13)6-17-19(14)10-26-22(17)27-21-16-7-12-8-25-9-18(12)15(16)3-4-20(21)24/h1-8H,9-10H2. The number of hydrogen-bond donors (Lipinski definition) is 0. The number of thioether (sulfide) groups is 3. The van der Waals surface area contributed by atoms with E-state index in [1.54, 1.807) is 0 Å². The van der Waals surface area contributed by atoms with Crippen LogP contribution in [0.5, 0.6) is 0 Å². The number of fused-ring (bicyclic) bond motifs is 4. The van der Waals surface area contributed by atoms with Crippen molar-refractivity contribution in [3.63, 3.8) is 0 Å². The van der Waals surface area contributed by atoms with E-state index in [-0.39, 0.29) is 0 Å². The molecule has 2 aliphatic carbocycles. The van der Waals surface area contributed by atoms with Gasteiger partial charge < -0.3 is 0 Å². The van der Waals surface area contributed by atoms with E-state index >= 15 is 0 Å². The summed E-state index contributed by atoms with van der Waals surface area (Å²) >= 11 is 13.2. The predicted octanol–water partition coefficient (Wildman–Crippen LogP) is 4.48. The van der Waals surface area contributed by atoms with Gasteiger partial charge in [0.1, 0.15) is 0 Å². The maximum absolute atomic E-state index is 3.82. The summed E-state index contributed by atoms with van der Waals surface area (Å²) in [5.74, 6) is 2.17. The first-order valence-corrected chi connectivity index (χ1v) is 13.0. The number of hydrogen-bond acceptors (Lipinski definition) is 3. The van der Waals surface area contributed by atoms with E-state index in [0.717, 1.165) is 16.0 Å². The third kappa shape index (κ3) is 2.66. The minimum absolute atomic E-state index is 1.07. The second-order valence-corrected chi connectivity index (χ2v) is 11.7. The minimum atomic E-state index is 1.07. The largest absolute Gasteiger partial charge is 0.129 e. The first-order chi connectivity index (χ1) is 13.2. The van der Waals surface area contributed by atoms with Gasteiger partial charge in [-0.05, 0) is 89.3 Å². The quantitative estimate of drug-likeness (QED) is 0.560. The van der Waals surface area contributed by atoms with Gasteiger partial charge in [-0.1, -0.05) is 39.8 Å². The summed E-state index contributed by atoms with van der Waals surface area (Å²) in [7, 11) is 0. The van der Waals surface area contributed by atoms with Crippen LogP contribution < -0.4 is 20.9 Å². The number of benzene rings is 2. The zero-order valence-corrected chi connectivity index (χ0v) is 19.6. The van der Waals surface area contributed by atoms with E-state index in [0.29, 0.717) is 0 Å². The Kier molecular flexibility index (Phi) is 4.14. The highest BCUT2D eigenvalue weighted by Gasteiger charge is 2.26. The second-order valence-electron chi connectivity index (χ2n) is 6.79. The minimum Gasteiger partial charge on any atom is -0.129 e. The van der Waals surface area contributed by atoms with Crippen molar-refractivity contribution in [1.82, 2.24) is 0 Å². The Balaban J connectivity index is 1.52. The molecule has 132 valence electrons. The molecular weight excluding hydrogens is 520 g/mol. The molecule has 2 aliphatic heterocycles. The molecule has 2 aromatic rings. The molecule has 0 unspecified atom stereocenters. The van der Waals surface area contributed by atoms with Crippen molar-refractivity contribution in [3.8, 4) is 0 Å². The Labute approximate surface area is 186 Å². The Hall–Kier alpha value is -0.590. The second kappa shape index (κ2) is 6.46. The average molecular weight is 532 g/mol. The van der Waals surface area contributed by atoms with Crippen molar-refractivity contribution < 1.29 is 0 Å². The summed E-state index contributed by atoms with van der Waals surface area (Å²) in [4.78, 5) is 1.35. The molecule has 0 saturated heterocycles. The van der Waals surface area contributed by atoms with E-state index in [1.165, 1.54) is 56.8 Å². The van der Waals surface area contributed by atoms with Crippen molar-refractivity contribution in [2.45, 2.75) is 4.90 Å². The van der Waals surface area contributed by atoms with Crippen LogP contribution in [0.15, 0.2) is 65.0 Å². The SMILES string of the molecule is Brc1ccc2c(c1)=CC1=C(Sc3c(Br)ccc4c3=CC3=CSCC=43)SCC=21. The highest BCUT2D eigenvalue weighted by Crippen LogP contribution is 2.47. The smallest absolute Gasteiger partial charge is 0.0530 e. The number of allylic oxidation sites excluding steroid dienone is 2. The van der Waals surface area contributed by atoms with Crippen molar-refractivity contribution in [2.75, 3.05) is 11.5 Å². The topological polar surface area (TPSA) is 0 Å². The van der Waals surface area contributed by atoms with Gasteiger partial charge in [-0.15, -0.1) is 23.5 Å². The Morgan fingerprint density at radius 1 is 0.926 bits per heavy atom. The summed E-state index contributed by atoms with van der Waals surface area (Å²) in [6.07, 6.45) is 4.73. The lowest BCUT2D eigenvalue weighted by atomic mass is 10.1. The molecule has 0 radical (unpaired) electrons. The van der Waals surface area contributed by atoms with Gasteiger partial charge in [0.25, 0.3) is 0 Å². The Morgan fingerprint density at radius 2 is 1.81 bits per heavy atom. The zero-order valence-electron chi connectivity index (χ0n) is 14.0. The van der Waals surface area contributed by atoms with Crippen LogP contribution in [-0.4, -0.2) is 11.5 Å². The number of halogens is 2. The molecule has 0 atom stereocenters. The molecule has 0 N–H and O–H groups in total. The van der Waals surface area contributed by atoms with Crippen molar-refractivity contribution >= 4 is 90.4 Å². The van der Waals surface area contributed by atoms with Crippen LogP contribution in [0.4, 0.5) is 0 Å². The molecular formula is C22H12Br2S3. The fourth-order valence-corrected chi connectivity index (χ4v) is 8.45. The van der Waals surface area contributed by atoms with Gasteiger partial charge in [0.15, 0.2) is 0 Å². The molecule has 5 heteroatoms. The Bertz CT molecular complexity index is 1360. The van der Waals surface area contributed by atoms with Crippen molar-refractivity contribution in [1.29, 1.82) is 0 Å². The molecule has 0 saturated carbocycles. The zero-order chi connectivity index (χ0) is 18.1. The average Bonchev–Trinajstić information content (AvgIpc) is 3.38. The molecule has 0 bridgehead atoms. The van der Waals surface area contributed by atoms with Gasteiger partial charge in [-0.2, -0.15) is 0 Å². The number of rotatable bonds is 2. The summed E-state index contributed by atoms with van der Waals surface area (Å²) in [5, 5.41) is 7.83. The van der Waals surface area contributed by atoms with Crippen LogP contribution in [-0.2, 0) is 0 Å². The van der Waals surface area contributed by atoms with Crippen molar-refractivity contribution in [3.05, 3.63) is 80.9 Å². The third-order valence-corrected chi connectivity index (χ3v) is 10.1. The fraction of sp³-hybridized carbons (Fsp3) is 0.0909. The lowest BCUT2D eigenvalue weighted by Crippen LogP contribution is -2.25. The monoisotopic (exact) mass is 530 g/mol. The third-order valence-electron chi connectivity index (χ3n) is 5.29. The Morgan fingerprint density at radius 3 is 2.74 bits per heavy atom. The lowest BCUT2D eigenvalue weighted by molar-refractivity contribution is 1.30. The fourth-order valence-electron chi connectivity index (χ4n) is 4.01. The molecule has 2 heterocycles. The van der Waals surface area contributed by atoms with Gasteiger partial charge >= 0.3 is 0 Å². The van der Waals surface area contributed by atoms with Gasteiger partial charge in [-0.3, -0.25) is 0 Å². The van der Waals surface area contributed by atoms with Crippen molar-refractivity contribution in [2.24, 2.45) is 0 Å². The molecule has 0 fully saturated rings. The summed E-state index contributed by atoms with van der Waals surface area (Å²) < 4.78 is 3.76. The molecule has 6 rings (SSSR count). The predicted molar refractivity (Wildman–Crippen MR) is 128 cm³/mol. The van der Waals surface area contributed by atoms with E-state index < -0.39 is 0 Å². The maximum Gasteiger partial charge on any atom is 0.0530 e. The normalized spacial score (nSPS) is 18.8. The van der Waals surface area contributed by atoms with Gasteiger partial charge in [0.2, 0.25) is 0 Å². The molecule has 2 aromatic carbocycles. The molecule has 0 aromatic heterocycles. The lowest BCUT2D eigenvalue weighted by Gasteiger charge is -2.07. The van der Waals surface area contributed by atoms with Crippen LogP contribution in [0, 0.1) is 0 Å². The summed E-state index contributed by atoms with van der Waals surface area (Å²) in [5.41, 5.74) is 5.81. The van der Waals surface area contributed by atoms with Crippen LogP contribution in [0.2, 0.25) is 0 Å². The molecule has 0 amide bonds. The van der Waals surface area contributed by atoms with Gasteiger partial charge in [0, 0.05) is 30.9 Å². The van der Waals surface area contributed by atoms with Gasteiger partial charge in [-0.25, -0.2) is 0 Å². The maximum atomic E-state index is 3.82. The van der Waals surface area contributed by atoms with Gasteiger partial charge in [0.05, 0.1) is 4.24 Å². The highest BCUT2D eigenvalue weighted by molar-refractivity contribution is 9.10. The van der Waals surface area contributed by atoms with Crippen LogP contribution >= 0.6 is 67.1 Å².